The number of rotatable bonds is 5. The Morgan fingerprint density at radius 2 is 1.65 bits per heavy atom. The summed E-state index contributed by atoms with van der Waals surface area (Å²) in [7, 11) is 0. The zero-order chi connectivity index (χ0) is 17.9. The van der Waals surface area contributed by atoms with Crippen LogP contribution in [-0.2, 0) is 6.54 Å². The standard InChI is InChI=1S/C20H17ClN4O/c21-14-3-8-17(9-4-14)26-16-6-1-13(2-7-16)12-23-15-5-10-18-19(11-15)25-20(22)24-18/h1-11,23H,12H2,(H3,22,24,25). The number of nitrogen functional groups attached to an aromatic ring is 1. The van der Waals surface area contributed by atoms with E-state index < -0.39 is 0 Å². The molecule has 6 heteroatoms. The number of imidazole rings is 1. The second-order valence-corrected chi connectivity index (χ2v) is 6.34. The number of fused-ring (bicyclic) bond motifs is 1. The largest absolute Gasteiger partial charge is 0.457 e. The van der Waals surface area contributed by atoms with Crippen LogP contribution in [0.5, 0.6) is 11.5 Å². The van der Waals surface area contributed by atoms with Gasteiger partial charge in [0, 0.05) is 17.3 Å². The van der Waals surface area contributed by atoms with Gasteiger partial charge in [-0.15, -0.1) is 0 Å². The van der Waals surface area contributed by atoms with Gasteiger partial charge < -0.3 is 20.8 Å². The van der Waals surface area contributed by atoms with Crippen LogP contribution in [-0.4, -0.2) is 9.97 Å². The summed E-state index contributed by atoms with van der Waals surface area (Å²) in [4.78, 5) is 7.23. The number of ether oxygens (including phenoxy) is 1. The maximum Gasteiger partial charge on any atom is 0.198 e. The Labute approximate surface area is 155 Å². The first-order valence-corrected chi connectivity index (χ1v) is 8.55. The van der Waals surface area contributed by atoms with Gasteiger partial charge in [0.1, 0.15) is 11.5 Å². The molecule has 0 unspecified atom stereocenters. The first kappa shape index (κ1) is 16.3. The third-order valence-corrected chi connectivity index (χ3v) is 4.22. The number of nitrogens with one attached hydrogen (secondary N) is 2. The molecule has 26 heavy (non-hydrogen) atoms. The minimum absolute atomic E-state index is 0.424. The highest BCUT2D eigenvalue weighted by atomic mass is 35.5. The van der Waals surface area contributed by atoms with Gasteiger partial charge in [0.2, 0.25) is 0 Å². The first-order valence-electron chi connectivity index (χ1n) is 8.17. The van der Waals surface area contributed by atoms with Crippen molar-refractivity contribution >= 4 is 34.3 Å². The molecule has 0 amide bonds. The van der Waals surface area contributed by atoms with E-state index in [1.54, 1.807) is 12.1 Å². The SMILES string of the molecule is Nc1nc2ccc(NCc3ccc(Oc4ccc(Cl)cc4)cc3)cc2[nH]1. The molecule has 0 radical (unpaired) electrons. The highest BCUT2D eigenvalue weighted by Gasteiger charge is 2.02. The third-order valence-electron chi connectivity index (χ3n) is 3.97. The van der Waals surface area contributed by atoms with Gasteiger partial charge in [-0.25, -0.2) is 4.98 Å². The van der Waals surface area contributed by atoms with E-state index >= 15 is 0 Å². The number of hydrogen-bond donors (Lipinski definition) is 3. The second kappa shape index (κ2) is 6.98. The maximum atomic E-state index is 5.88. The molecule has 1 heterocycles. The molecular weight excluding hydrogens is 348 g/mol. The fourth-order valence-corrected chi connectivity index (χ4v) is 2.78. The molecule has 4 N–H and O–H groups in total. The molecule has 0 bridgehead atoms. The smallest absolute Gasteiger partial charge is 0.198 e. The van der Waals surface area contributed by atoms with Crippen LogP contribution < -0.4 is 15.8 Å². The Morgan fingerprint density at radius 3 is 2.38 bits per heavy atom. The normalized spacial score (nSPS) is 10.8. The Balaban J connectivity index is 1.39. The molecule has 0 fully saturated rings. The molecule has 3 aromatic carbocycles. The van der Waals surface area contributed by atoms with Gasteiger partial charge in [-0.2, -0.15) is 0 Å². The van der Waals surface area contributed by atoms with E-state index in [4.69, 9.17) is 22.1 Å². The van der Waals surface area contributed by atoms with Crippen LogP contribution in [0.15, 0.2) is 66.7 Å². The molecule has 1 aromatic heterocycles. The number of nitrogens with zero attached hydrogens (tertiary/aromatic N) is 1. The number of aromatic nitrogens is 2. The molecule has 0 saturated heterocycles. The van der Waals surface area contributed by atoms with E-state index in [9.17, 15) is 0 Å². The summed E-state index contributed by atoms with van der Waals surface area (Å²) in [6.07, 6.45) is 0. The zero-order valence-corrected chi connectivity index (χ0v) is 14.6. The van der Waals surface area contributed by atoms with E-state index in [1.807, 2.05) is 54.6 Å². The van der Waals surface area contributed by atoms with E-state index in [-0.39, 0.29) is 0 Å². The van der Waals surface area contributed by atoms with Crippen LogP contribution in [0.25, 0.3) is 11.0 Å². The molecule has 0 spiro atoms. The van der Waals surface area contributed by atoms with E-state index in [0.29, 0.717) is 17.5 Å². The van der Waals surface area contributed by atoms with Crippen molar-refractivity contribution in [2.45, 2.75) is 6.54 Å². The molecule has 4 aromatic rings. The third kappa shape index (κ3) is 3.73. The van der Waals surface area contributed by atoms with Crippen LogP contribution in [0.2, 0.25) is 5.02 Å². The number of H-pyrrole nitrogens is 1. The lowest BCUT2D eigenvalue weighted by molar-refractivity contribution is 0.482. The molecular formula is C20H17ClN4O. The first-order chi connectivity index (χ1) is 12.7. The van der Waals surface area contributed by atoms with Crippen molar-refractivity contribution < 1.29 is 4.74 Å². The van der Waals surface area contributed by atoms with Crippen molar-refractivity contribution in [3.05, 3.63) is 77.3 Å². The molecule has 5 nitrogen and oxygen atoms in total. The van der Waals surface area contributed by atoms with Crippen molar-refractivity contribution in [3.63, 3.8) is 0 Å². The molecule has 0 atom stereocenters. The summed E-state index contributed by atoms with van der Waals surface area (Å²) in [5, 5.41) is 4.08. The van der Waals surface area contributed by atoms with Gasteiger partial charge in [0.15, 0.2) is 5.95 Å². The summed E-state index contributed by atoms with van der Waals surface area (Å²) < 4.78 is 5.80. The number of anilines is 2. The maximum absolute atomic E-state index is 5.88. The molecule has 0 aliphatic heterocycles. The summed E-state index contributed by atoms with van der Waals surface area (Å²) in [6.45, 7) is 0.705. The summed E-state index contributed by atoms with van der Waals surface area (Å²) in [6, 6.07) is 21.2. The molecule has 0 saturated carbocycles. The summed E-state index contributed by atoms with van der Waals surface area (Å²) in [5.41, 5.74) is 9.60. The number of aromatic amines is 1. The van der Waals surface area contributed by atoms with Gasteiger partial charge in [0.25, 0.3) is 0 Å². The lowest BCUT2D eigenvalue weighted by Gasteiger charge is -2.09. The fraction of sp³-hybridized carbons (Fsp3) is 0.0500. The van der Waals surface area contributed by atoms with Gasteiger partial charge in [-0.05, 0) is 60.2 Å². The van der Waals surface area contributed by atoms with Gasteiger partial charge >= 0.3 is 0 Å². The molecule has 0 aliphatic rings. The van der Waals surface area contributed by atoms with Crippen molar-refractivity contribution in [1.29, 1.82) is 0 Å². The highest BCUT2D eigenvalue weighted by Crippen LogP contribution is 2.24. The van der Waals surface area contributed by atoms with Crippen molar-refractivity contribution in [1.82, 2.24) is 9.97 Å². The average Bonchev–Trinajstić information content (AvgIpc) is 3.02. The number of nitrogens with two attached hydrogens (primary N) is 1. The number of hydrogen-bond acceptors (Lipinski definition) is 4. The number of halogens is 1. The quantitative estimate of drug-likeness (QED) is 0.454. The Kier molecular flexibility index (Phi) is 4.37. The van der Waals surface area contributed by atoms with Gasteiger partial charge in [0.05, 0.1) is 11.0 Å². The van der Waals surface area contributed by atoms with Crippen LogP contribution >= 0.6 is 11.6 Å². The average molecular weight is 365 g/mol. The topological polar surface area (TPSA) is 76.0 Å². The monoisotopic (exact) mass is 364 g/mol. The van der Waals surface area contributed by atoms with Crippen molar-refractivity contribution in [2.24, 2.45) is 0 Å². The van der Waals surface area contributed by atoms with Crippen LogP contribution in [0.1, 0.15) is 5.56 Å². The Bertz CT molecular complexity index is 1030. The van der Waals surface area contributed by atoms with E-state index in [2.05, 4.69) is 15.3 Å². The lowest BCUT2D eigenvalue weighted by Crippen LogP contribution is -1.99. The Hall–Kier alpha value is -3.18. The van der Waals surface area contributed by atoms with E-state index in [1.165, 1.54) is 0 Å². The predicted octanol–water partition coefficient (Wildman–Crippen LogP) is 5.20. The predicted molar refractivity (Wildman–Crippen MR) is 106 cm³/mol. The van der Waals surface area contributed by atoms with Crippen LogP contribution in [0.4, 0.5) is 11.6 Å². The lowest BCUT2D eigenvalue weighted by atomic mass is 10.2. The molecule has 4 rings (SSSR count). The van der Waals surface area contributed by atoms with Crippen LogP contribution in [0.3, 0.4) is 0 Å². The summed E-state index contributed by atoms with van der Waals surface area (Å²) >= 11 is 5.88. The Morgan fingerprint density at radius 1 is 0.962 bits per heavy atom. The van der Waals surface area contributed by atoms with E-state index in [0.717, 1.165) is 33.8 Å². The van der Waals surface area contributed by atoms with Gasteiger partial charge in [-0.1, -0.05) is 23.7 Å². The van der Waals surface area contributed by atoms with Crippen molar-refractivity contribution in [3.8, 4) is 11.5 Å². The van der Waals surface area contributed by atoms with Gasteiger partial charge in [-0.3, -0.25) is 0 Å². The second-order valence-electron chi connectivity index (χ2n) is 5.91. The number of benzene rings is 3. The van der Waals surface area contributed by atoms with Crippen molar-refractivity contribution in [2.75, 3.05) is 11.1 Å². The molecule has 0 aliphatic carbocycles. The highest BCUT2D eigenvalue weighted by molar-refractivity contribution is 6.30. The summed E-state index contributed by atoms with van der Waals surface area (Å²) in [5.74, 6) is 1.96. The molecule has 130 valence electrons. The fourth-order valence-electron chi connectivity index (χ4n) is 2.66. The zero-order valence-electron chi connectivity index (χ0n) is 13.9. The van der Waals surface area contributed by atoms with Crippen LogP contribution in [0, 0.1) is 0 Å². The minimum Gasteiger partial charge on any atom is -0.457 e. The minimum atomic E-state index is 0.424.